The van der Waals surface area contributed by atoms with Crippen LogP contribution in [0.3, 0.4) is 0 Å². The van der Waals surface area contributed by atoms with Gasteiger partial charge in [0.05, 0.1) is 11.7 Å². The molecule has 0 bridgehead atoms. The number of carbonyl (C=O) groups excluding carboxylic acids is 2. The first kappa shape index (κ1) is 15.9. The summed E-state index contributed by atoms with van der Waals surface area (Å²) in [6.07, 6.45) is 2.83. The number of hydrogen-bond donors (Lipinski definition) is 0. The lowest BCUT2D eigenvalue weighted by molar-refractivity contribution is -0.135. The van der Waals surface area contributed by atoms with Gasteiger partial charge < -0.3 is 14.2 Å². The van der Waals surface area contributed by atoms with E-state index in [-0.39, 0.29) is 17.6 Å². The maximum absolute atomic E-state index is 14.1. The largest absolute Gasteiger partial charge is 0.459 e. The van der Waals surface area contributed by atoms with Crippen LogP contribution in [0.5, 0.6) is 0 Å². The van der Waals surface area contributed by atoms with Crippen molar-refractivity contribution in [2.75, 3.05) is 26.2 Å². The van der Waals surface area contributed by atoms with Crippen molar-refractivity contribution >= 4 is 11.8 Å². The van der Waals surface area contributed by atoms with Crippen molar-refractivity contribution in [3.63, 3.8) is 0 Å². The molecule has 2 aromatic rings. The van der Waals surface area contributed by atoms with E-state index in [2.05, 4.69) is 0 Å². The molecular weight excluding hydrogens is 323 g/mol. The van der Waals surface area contributed by atoms with Crippen LogP contribution in [0.4, 0.5) is 4.39 Å². The third-order valence-corrected chi connectivity index (χ3v) is 5.13. The second kappa shape index (κ2) is 6.02. The first-order valence-electron chi connectivity index (χ1n) is 8.49. The normalized spacial score (nSPS) is 18.9. The van der Waals surface area contributed by atoms with Gasteiger partial charge in [0.25, 0.3) is 5.91 Å². The molecule has 0 spiro atoms. The van der Waals surface area contributed by atoms with Crippen LogP contribution in [0.1, 0.15) is 29.0 Å². The third-order valence-electron chi connectivity index (χ3n) is 5.13. The zero-order chi connectivity index (χ0) is 17.4. The van der Waals surface area contributed by atoms with Gasteiger partial charge in [-0.1, -0.05) is 18.2 Å². The fraction of sp³-hybridized carbons (Fsp3) is 0.368. The van der Waals surface area contributed by atoms with Gasteiger partial charge in [-0.2, -0.15) is 0 Å². The molecule has 130 valence electrons. The van der Waals surface area contributed by atoms with Gasteiger partial charge in [0, 0.05) is 31.7 Å². The van der Waals surface area contributed by atoms with Crippen LogP contribution >= 0.6 is 0 Å². The molecule has 1 aliphatic heterocycles. The number of halogens is 1. The van der Waals surface area contributed by atoms with Crippen LogP contribution < -0.4 is 0 Å². The van der Waals surface area contributed by atoms with Gasteiger partial charge in [0.2, 0.25) is 5.91 Å². The van der Waals surface area contributed by atoms with Gasteiger partial charge in [0.1, 0.15) is 5.82 Å². The van der Waals surface area contributed by atoms with Gasteiger partial charge in [-0.15, -0.1) is 0 Å². The highest BCUT2D eigenvalue weighted by molar-refractivity contribution is 5.93. The summed E-state index contributed by atoms with van der Waals surface area (Å²) in [5.74, 6) is -0.195. The van der Waals surface area contributed by atoms with Gasteiger partial charge >= 0.3 is 0 Å². The molecular formula is C19H19FN2O3. The quantitative estimate of drug-likeness (QED) is 0.861. The van der Waals surface area contributed by atoms with Crippen molar-refractivity contribution in [3.8, 4) is 0 Å². The summed E-state index contributed by atoms with van der Waals surface area (Å²) in [4.78, 5) is 28.7. The summed E-state index contributed by atoms with van der Waals surface area (Å²) in [5, 5.41) is 0. The number of nitrogens with zero attached hydrogens (tertiary/aromatic N) is 2. The molecule has 1 saturated heterocycles. The summed E-state index contributed by atoms with van der Waals surface area (Å²) >= 11 is 0. The molecule has 2 heterocycles. The van der Waals surface area contributed by atoms with E-state index >= 15 is 0 Å². The molecule has 0 radical (unpaired) electrons. The second-order valence-electron chi connectivity index (χ2n) is 6.62. The number of piperazine rings is 1. The Kier molecular flexibility index (Phi) is 3.82. The zero-order valence-corrected chi connectivity index (χ0v) is 13.8. The molecule has 2 amide bonds. The smallest absolute Gasteiger partial charge is 0.289 e. The van der Waals surface area contributed by atoms with Gasteiger partial charge in [-0.05, 0) is 31.0 Å². The fourth-order valence-electron chi connectivity index (χ4n) is 3.54. The Hall–Kier alpha value is -2.63. The number of hydrogen-bond acceptors (Lipinski definition) is 3. The average molecular weight is 342 g/mol. The summed E-state index contributed by atoms with van der Waals surface area (Å²) in [6.45, 7) is 1.83. The Morgan fingerprint density at radius 3 is 2.24 bits per heavy atom. The summed E-state index contributed by atoms with van der Waals surface area (Å²) in [7, 11) is 0. The molecule has 1 aliphatic carbocycles. The van der Waals surface area contributed by atoms with Gasteiger partial charge in [-0.3, -0.25) is 9.59 Å². The SMILES string of the molecule is O=C(c1ccco1)N1CCN(C(=O)C2(c3ccccc3F)CC2)CC1. The standard InChI is InChI=1S/C19H19FN2O3/c20-15-5-2-1-4-14(15)19(7-8-19)18(24)22-11-9-21(10-12-22)17(23)16-6-3-13-25-16/h1-6,13H,7-12H2. The molecule has 2 aliphatic rings. The molecule has 5 nitrogen and oxygen atoms in total. The van der Waals surface area contributed by atoms with Gasteiger partial charge in [-0.25, -0.2) is 4.39 Å². The lowest BCUT2D eigenvalue weighted by Crippen LogP contribution is -2.53. The van der Waals surface area contributed by atoms with Crippen LogP contribution in [-0.2, 0) is 10.2 Å². The zero-order valence-electron chi connectivity index (χ0n) is 13.8. The van der Waals surface area contributed by atoms with Crippen molar-refractivity contribution in [1.29, 1.82) is 0 Å². The molecule has 1 aromatic carbocycles. The second-order valence-corrected chi connectivity index (χ2v) is 6.62. The van der Waals surface area contributed by atoms with E-state index in [1.807, 2.05) is 0 Å². The Morgan fingerprint density at radius 1 is 0.960 bits per heavy atom. The number of furan rings is 1. The van der Waals surface area contributed by atoms with E-state index in [1.54, 1.807) is 40.1 Å². The molecule has 6 heteroatoms. The van der Waals surface area contributed by atoms with E-state index in [0.29, 0.717) is 50.3 Å². The van der Waals surface area contributed by atoms with E-state index in [9.17, 15) is 14.0 Å². The molecule has 0 atom stereocenters. The minimum atomic E-state index is -0.710. The molecule has 25 heavy (non-hydrogen) atoms. The molecule has 0 unspecified atom stereocenters. The van der Waals surface area contributed by atoms with E-state index in [0.717, 1.165) is 0 Å². The Bertz CT molecular complexity index is 791. The number of rotatable bonds is 3. The summed E-state index contributed by atoms with van der Waals surface area (Å²) < 4.78 is 19.3. The maximum atomic E-state index is 14.1. The summed E-state index contributed by atoms with van der Waals surface area (Å²) in [5.41, 5.74) is -0.215. The first-order valence-corrected chi connectivity index (χ1v) is 8.49. The lowest BCUT2D eigenvalue weighted by atomic mass is 9.93. The van der Waals surface area contributed by atoms with Crippen LogP contribution in [0.15, 0.2) is 47.1 Å². The maximum Gasteiger partial charge on any atom is 0.289 e. The van der Waals surface area contributed by atoms with Crippen molar-refractivity contribution in [2.45, 2.75) is 18.3 Å². The predicted octanol–water partition coefficient (Wildman–Crippen LogP) is 2.43. The third kappa shape index (κ3) is 2.71. The Labute approximate surface area is 145 Å². The van der Waals surface area contributed by atoms with Crippen LogP contribution in [0.25, 0.3) is 0 Å². The van der Waals surface area contributed by atoms with E-state index < -0.39 is 5.41 Å². The van der Waals surface area contributed by atoms with Crippen molar-refractivity contribution in [2.24, 2.45) is 0 Å². The first-order chi connectivity index (χ1) is 12.1. The van der Waals surface area contributed by atoms with Crippen molar-refractivity contribution in [1.82, 2.24) is 9.80 Å². The van der Waals surface area contributed by atoms with Crippen molar-refractivity contribution in [3.05, 3.63) is 59.8 Å². The van der Waals surface area contributed by atoms with Crippen LogP contribution in [0.2, 0.25) is 0 Å². The Balaban J connectivity index is 1.44. The Morgan fingerprint density at radius 2 is 1.64 bits per heavy atom. The highest BCUT2D eigenvalue weighted by Crippen LogP contribution is 2.50. The predicted molar refractivity (Wildman–Crippen MR) is 88.5 cm³/mol. The number of amides is 2. The minimum Gasteiger partial charge on any atom is -0.459 e. The van der Waals surface area contributed by atoms with Crippen LogP contribution in [0, 0.1) is 5.82 Å². The van der Waals surface area contributed by atoms with E-state index in [1.165, 1.54) is 12.3 Å². The fourth-order valence-corrected chi connectivity index (χ4v) is 3.54. The highest BCUT2D eigenvalue weighted by atomic mass is 19.1. The highest BCUT2D eigenvalue weighted by Gasteiger charge is 2.54. The van der Waals surface area contributed by atoms with E-state index in [4.69, 9.17) is 4.42 Å². The number of benzene rings is 1. The molecule has 1 saturated carbocycles. The molecule has 0 N–H and O–H groups in total. The van der Waals surface area contributed by atoms with Crippen molar-refractivity contribution < 1.29 is 18.4 Å². The van der Waals surface area contributed by atoms with Gasteiger partial charge in [0.15, 0.2) is 5.76 Å². The topological polar surface area (TPSA) is 53.8 Å². The van der Waals surface area contributed by atoms with Crippen LogP contribution in [-0.4, -0.2) is 47.8 Å². The summed E-state index contributed by atoms with van der Waals surface area (Å²) in [6, 6.07) is 9.83. The monoisotopic (exact) mass is 342 g/mol. The number of carbonyl (C=O) groups is 2. The average Bonchev–Trinajstić information content (AvgIpc) is 3.26. The molecule has 2 fully saturated rings. The minimum absolute atomic E-state index is 0.0253. The molecule has 1 aromatic heterocycles. The lowest BCUT2D eigenvalue weighted by Gasteiger charge is -2.36. The molecule has 4 rings (SSSR count).